The molecule has 5 heteroatoms. The van der Waals surface area contributed by atoms with Crippen molar-refractivity contribution in [1.82, 2.24) is 9.97 Å². The SMILES string of the molecule is Cc1nc(N2CC[C@H](CO)[C@H](O)C2)nc2c1CCCC2. The van der Waals surface area contributed by atoms with Gasteiger partial charge in [0.1, 0.15) is 0 Å². The Balaban J connectivity index is 1.82. The number of piperidine rings is 1. The third-order valence-electron chi connectivity index (χ3n) is 4.62. The first-order chi connectivity index (χ1) is 9.69. The van der Waals surface area contributed by atoms with Crippen LogP contribution in [0.25, 0.3) is 0 Å². The fourth-order valence-corrected chi connectivity index (χ4v) is 3.28. The second-order valence-electron chi connectivity index (χ2n) is 5.99. The van der Waals surface area contributed by atoms with Gasteiger partial charge in [-0.15, -0.1) is 0 Å². The zero-order chi connectivity index (χ0) is 14.1. The third kappa shape index (κ3) is 2.52. The number of nitrogens with zero attached hydrogens (tertiary/aromatic N) is 3. The molecular formula is C15H23N3O2. The first-order valence-electron chi connectivity index (χ1n) is 7.59. The molecule has 1 aromatic rings. The molecule has 0 bridgehead atoms. The molecule has 2 aliphatic rings. The molecule has 20 heavy (non-hydrogen) atoms. The minimum absolute atomic E-state index is 0.00928. The summed E-state index contributed by atoms with van der Waals surface area (Å²) in [4.78, 5) is 11.4. The van der Waals surface area contributed by atoms with Gasteiger partial charge in [0.25, 0.3) is 0 Å². The van der Waals surface area contributed by atoms with Crippen molar-refractivity contribution >= 4 is 5.95 Å². The van der Waals surface area contributed by atoms with Gasteiger partial charge in [-0.1, -0.05) is 0 Å². The third-order valence-corrected chi connectivity index (χ3v) is 4.62. The van der Waals surface area contributed by atoms with Crippen LogP contribution in [0.2, 0.25) is 0 Å². The fourth-order valence-electron chi connectivity index (χ4n) is 3.28. The number of fused-ring (bicyclic) bond motifs is 1. The highest BCUT2D eigenvalue weighted by atomic mass is 16.3. The van der Waals surface area contributed by atoms with Crippen LogP contribution in [0.15, 0.2) is 0 Å². The molecule has 2 N–H and O–H groups in total. The minimum Gasteiger partial charge on any atom is -0.396 e. The molecule has 0 aromatic carbocycles. The van der Waals surface area contributed by atoms with Crippen LogP contribution < -0.4 is 4.90 Å². The van der Waals surface area contributed by atoms with E-state index in [1.54, 1.807) is 0 Å². The van der Waals surface area contributed by atoms with Crippen molar-refractivity contribution in [2.75, 3.05) is 24.6 Å². The molecule has 1 aliphatic carbocycles. The molecule has 0 radical (unpaired) electrons. The van der Waals surface area contributed by atoms with Crippen molar-refractivity contribution in [3.63, 3.8) is 0 Å². The minimum atomic E-state index is -0.492. The van der Waals surface area contributed by atoms with Gasteiger partial charge in [0.05, 0.1) is 6.10 Å². The molecule has 3 rings (SSSR count). The van der Waals surface area contributed by atoms with E-state index in [2.05, 4.69) is 16.8 Å². The number of hydrogen-bond donors (Lipinski definition) is 2. The Kier molecular flexibility index (Phi) is 3.89. The van der Waals surface area contributed by atoms with E-state index >= 15 is 0 Å². The number of aryl methyl sites for hydroxylation is 2. The van der Waals surface area contributed by atoms with Gasteiger partial charge >= 0.3 is 0 Å². The molecule has 5 nitrogen and oxygen atoms in total. The Morgan fingerprint density at radius 2 is 2.05 bits per heavy atom. The maximum atomic E-state index is 10.1. The molecule has 0 unspecified atom stereocenters. The first kappa shape index (κ1) is 13.8. The summed E-state index contributed by atoms with van der Waals surface area (Å²) >= 11 is 0. The smallest absolute Gasteiger partial charge is 0.225 e. The van der Waals surface area contributed by atoms with Crippen molar-refractivity contribution in [1.29, 1.82) is 0 Å². The Bertz CT molecular complexity index is 492. The largest absolute Gasteiger partial charge is 0.396 e. The molecular weight excluding hydrogens is 254 g/mol. The molecule has 0 amide bonds. The predicted molar refractivity (Wildman–Crippen MR) is 76.8 cm³/mol. The number of aromatic nitrogens is 2. The van der Waals surface area contributed by atoms with Crippen LogP contribution in [0.1, 0.15) is 36.2 Å². The van der Waals surface area contributed by atoms with Gasteiger partial charge in [0.2, 0.25) is 5.95 Å². The van der Waals surface area contributed by atoms with Crippen LogP contribution in [0.4, 0.5) is 5.95 Å². The Labute approximate surface area is 119 Å². The topological polar surface area (TPSA) is 69.5 Å². The van der Waals surface area contributed by atoms with E-state index in [9.17, 15) is 10.2 Å². The molecule has 1 saturated heterocycles. The monoisotopic (exact) mass is 277 g/mol. The standard InChI is InChI=1S/C15H23N3O2/c1-10-12-4-2-3-5-13(12)17-15(16-10)18-7-6-11(9-19)14(20)8-18/h11,14,19-20H,2-9H2,1H3/t11-,14-/m1/s1. The lowest BCUT2D eigenvalue weighted by Gasteiger charge is -2.35. The number of rotatable bonds is 2. The number of β-amino-alcohol motifs (C(OH)–C–C–N with tert-alkyl or cyclic N) is 1. The van der Waals surface area contributed by atoms with Gasteiger partial charge in [-0.3, -0.25) is 0 Å². The van der Waals surface area contributed by atoms with E-state index in [1.807, 2.05) is 0 Å². The van der Waals surface area contributed by atoms with E-state index in [1.165, 1.54) is 24.1 Å². The summed E-state index contributed by atoms with van der Waals surface area (Å²) in [5.74, 6) is 0.739. The van der Waals surface area contributed by atoms with Gasteiger partial charge in [0, 0.05) is 37.0 Å². The van der Waals surface area contributed by atoms with E-state index < -0.39 is 6.10 Å². The number of anilines is 1. The maximum absolute atomic E-state index is 10.1. The lowest BCUT2D eigenvalue weighted by molar-refractivity contribution is 0.0543. The van der Waals surface area contributed by atoms with Crippen molar-refractivity contribution in [3.05, 3.63) is 17.0 Å². The van der Waals surface area contributed by atoms with Crippen LogP contribution >= 0.6 is 0 Å². The fraction of sp³-hybridized carbons (Fsp3) is 0.733. The molecule has 2 heterocycles. The average molecular weight is 277 g/mol. The zero-order valence-corrected chi connectivity index (χ0v) is 12.0. The van der Waals surface area contributed by atoms with Crippen LogP contribution in [-0.2, 0) is 12.8 Å². The molecule has 1 aromatic heterocycles. The summed E-state index contributed by atoms with van der Waals surface area (Å²) in [6, 6.07) is 0. The van der Waals surface area contributed by atoms with E-state index in [-0.39, 0.29) is 12.5 Å². The maximum Gasteiger partial charge on any atom is 0.225 e. The van der Waals surface area contributed by atoms with E-state index in [4.69, 9.17) is 4.98 Å². The molecule has 1 fully saturated rings. The number of hydrogen-bond acceptors (Lipinski definition) is 5. The highest BCUT2D eigenvalue weighted by Gasteiger charge is 2.29. The summed E-state index contributed by atoms with van der Waals surface area (Å²) < 4.78 is 0. The predicted octanol–water partition coefficient (Wildman–Crippen LogP) is 0.843. The number of aliphatic hydroxyl groups excluding tert-OH is 2. The summed E-state index contributed by atoms with van der Waals surface area (Å²) in [5, 5.41) is 19.3. The van der Waals surface area contributed by atoms with Crippen molar-refractivity contribution < 1.29 is 10.2 Å². The van der Waals surface area contributed by atoms with Crippen LogP contribution in [0.5, 0.6) is 0 Å². The summed E-state index contributed by atoms with van der Waals surface area (Å²) in [6.45, 7) is 3.44. The number of aliphatic hydroxyl groups is 2. The average Bonchev–Trinajstić information content (AvgIpc) is 2.47. The van der Waals surface area contributed by atoms with E-state index in [0.29, 0.717) is 6.54 Å². The molecule has 110 valence electrons. The quantitative estimate of drug-likeness (QED) is 0.838. The summed E-state index contributed by atoms with van der Waals surface area (Å²) in [7, 11) is 0. The second-order valence-corrected chi connectivity index (χ2v) is 5.99. The molecule has 0 spiro atoms. The van der Waals surface area contributed by atoms with Crippen LogP contribution in [0.3, 0.4) is 0 Å². The summed E-state index contributed by atoms with van der Waals surface area (Å²) in [5.41, 5.74) is 3.60. The Hall–Kier alpha value is -1.20. The highest BCUT2D eigenvalue weighted by molar-refractivity contribution is 5.38. The highest BCUT2D eigenvalue weighted by Crippen LogP contribution is 2.26. The lowest BCUT2D eigenvalue weighted by Crippen LogP contribution is -2.46. The molecule has 0 saturated carbocycles. The normalized spacial score (nSPS) is 26.4. The van der Waals surface area contributed by atoms with Gasteiger partial charge < -0.3 is 15.1 Å². The Morgan fingerprint density at radius 1 is 1.25 bits per heavy atom. The Morgan fingerprint density at radius 3 is 2.80 bits per heavy atom. The summed E-state index contributed by atoms with van der Waals surface area (Å²) in [6.07, 6.45) is 4.87. The second kappa shape index (κ2) is 5.66. The van der Waals surface area contributed by atoms with Crippen LogP contribution in [0, 0.1) is 12.8 Å². The van der Waals surface area contributed by atoms with Gasteiger partial charge in [0.15, 0.2) is 0 Å². The van der Waals surface area contributed by atoms with Gasteiger partial charge in [-0.25, -0.2) is 9.97 Å². The molecule has 2 atom stereocenters. The van der Waals surface area contributed by atoms with Gasteiger partial charge in [-0.2, -0.15) is 0 Å². The zero-order valence-electron chi connectivity index (χ0n) is 12.0. The first-order valence-corrected chi connectivity index (χ1v) is 7.59. The van der Waals surface area contributed by atoms with Crippen molar-refractivity contribution in [3.8, 4) is 0 Å². The van der Waals surface area contributed by atoms with Gasteiger partial charge in [-0.05, 0) is 44.6 Å². The molecule has 1 aliphatic heterocycles. The lowest BCUT2D eigenvalue weighted by atomic mass is 9.94. The van der Waals surface area contributed by atoms with Crippen molar-refractivity contribution in [2.24, 2.45) is 5.92 Å². The van der Waals surface area contributed by atoms with Crippen LogP contribution in [-0.4, -0.2) is 46.0 Å². The van der Waals surface area contributed by atoms with E-state index in [0.717, 1.165) is 37.4 Å². The van der Waals surface area contributed by atoms with Crippen molar-refractivity contribution in [2.45, 2.75) is 45.1 Å².